The van der Waals surface area contributed by atoms with Gasteiger partial charge in [0.05, 0.1) is 11.6 Å². The zero-order chi connectivity index (χ0) is 12.1. The first-order valence-corrected chi connectivity index (χ1v) is 5.35. The molecule has 16 heavy (non-hydrogen) atoms. The van der Waals surface area contributed by atoms with E-state index in [2.05, 4.69) is 4.99 Å². The minimum Gasteiger partial charge on any atom is -0.404 e. The molecule has 6 nitrogen and oxygen atoms in total. The molecule has 0 aromatic rings. The average molecular weight is 225 g/mol. The summed E-state index contributed by atoms with van der Waals surface area (Å²) in [7, 11) is 0. The molecule has 8 N–H and O–H groups in total. The van der Waals surface area contributed by atoms with Crippen LogP contribution in [0.2, 0.25) is 0 Å². The van der Waals surface area contributed by atoms with Crippen molar-refractivity contribution in [3.8, 4) is 0 Å². The standard InChI is InChI=1S/C10H19N5O/c11-5-8(10(14)16)9(13)15-7-3-1-6(12)2-4-7/h5-7H,1-4,11-12H2,(H2,13,15)(H2,14,16). The van der Waals surface area contributed by atoms with Crippen LogP contribution < -0.4 is 22.9 Å². The Hall–Kier alpha value is -1.56. The summed E-state index contributed by atoms with van der Waals surface area (Å²) in [5.41, 5.74) is 21.9. The summed E-state index contributed by atoms with van der Waals surface area (Å²) in [6.45, 7) is 0. The topological polar surface area (TPSA) is 134 Å². The average Bonchev–Trinajstić information content (AvgIpc) is 2.22. The van der Waals surface area contributed by atoms with Gasteiger partial charge in [-0.15, -0.1) is 0 Å². The zero-order valence-corrected chi connectivity index (χ0v) is 9.23. The Morgan fingerprint density at radius 1 is 1.19 bits per heavy atom. The predicted molar refractivity (Wildman–Crippen MR) is 63.3 cm³/mol. The molecule has 0 unspecified atom stereocenters. The van der Waals surface area contributed by atoms with Crippen molar-refractivity contribution in [2.75, 3.05) is 0 Å². The molecule has 1 rings (SSSR count). The maximum atomic E-state index is 11.0. The van der Waals surface area contributed by atoms with E-state index in [1.807, 2.05) is 0 Å². The molecule has 0 spiro atoms. The molecule has 0 saturated heterocycles. The number of hydrogen-bond acceptors (Lipinski definition) is 4. The van der Waals surface area contributed by atoms with E-state index in [1.165, 1.54) is 0 Å². The fourth-order valence-electron chi connectivity index (χ4n) is 1.79. The monoisotopic (exact) mass is 225 g/mol. The van der Waals surface area contributed by atoms with E-state index in [1.54, 1.807) is 0 Å². The lowest BCUT2D eigenvalue weighted by Gasteiger charge is -2.23. The van der Waals surface area contributed by atoms with Crippen LogP contribution in [-0.4, -0.2) is 23.8 Å². The number of hydrogen-bond donors (Lipinski definition) is 4. The number of nitrogens with two attached hydrogens (primary N) is 4. The van der Waals surface area contributed by atoms with Crippen molar-refractivity contribution in [3.63, 3.8) is 0 Å². The van der Waals surface area contributed by atoms with Gasteiger partial charge in [0.15, 0.2) is 0 Å². The van der Waals surface area contributed by atoms with Crippen LogP contribution in [-0.2, 0) is 4.79 Å². The molecule has 6 heteroatoms. The number of amides is 1. The third-order valence-electron chi connectivity index (χ3n) is 2.77. The van der Waals surface area contributed by atoms with Gasteiger partial charge in [-0.25, -0.2) is 0 Å². The lowest BCUT2D eigenvalue weighted by Crippen LogP contribution is -2.32. The molecule has 1 fully saturated rings. The van der Waals surface area contributed by atoms with Crippen molar-refractivity contribution >= 4 is 11.7 Å². The van der Waals surface area contributed by atoms with Crippen LogP contribution in [0.3, 0.4) is 0 Å². The summed E-state index contributed by atoms with van der Waals surface area (Å²) in [4.78, 5) is 15.2. The number of carbonyl (C=O) groups is 1. The molecule has 0 radical (unpaired) electrons. The minimum absolute atomic E-state index is 0.0786. The van der Waals surface area contributed by atoms with Crippen molar-refractivity contribution in [1.82, 2.24) is 0 Å². The lowest BCUT2D eigenvalue weighted by molar-refractivity contribution is -0.114. The molecule has 0 bridgehead atoms. The SMILES string of the molecule is NC=C(C(N)=O)C(N)=NC1CCC(N)CC1. The van der Waals surface area contributed by atoms with Crippen LogP contribution >= 0.6 is 0 Å². The molecular formula is C10H19N5O. The van der Waals surface area contributed by atoms with Crippen molar-refractivity contribution < 1.29 is 4.79 Å². The summed E-state index contributed by atoms with van der Waals surface area (Å²) < 4.78 is 0. The molecule has 90 valence electrons. The smallest absolute Gasteiger partial charge is 0.253 e. The molecule has 0 aliphatic heterocycles. The Bertz CT molecular complexity index is 315. The fraction of sp³-hybridized carbons (Fsp3) is 0.600. The highest BCUT2D eigenvalue weighted by Gasteiger charge is 2.19. The van der Waals surface area contributed by atoms with E-state index in [9.17, 15) is 4.79 Å². The molecule has 0 heterocycles. The van der Waals surface area contributed by atoms with Crippen molar-refractivity contribution in [2.45, 2.75) is 37.8 Å². The first-order valence-electron chi connectivity index (χ1n) is 5.35. The number of nitrogens with zero attached hydrogens (tertiary/aromatic N) is 1. The molecular weight excluding hydrogens is 206 g/mol. The maximum Gasteiger partial charge on any atom is 0.253 e. The van der Waals surface area contributed by atoms with Crippen LogP contribution in [0.5, 0.6) is 0 Å². The zero-order valence-electron chi connectivity index (χ0n) is 9.23. The third kappa shape index (κ3) is 3.23. The van der Waals surface area contributed by atoms with Crippen LogP contribution in [0, 0.1) is 0 Å². The maximum absolute atomic E-state index is 11.0. The second-order valence-corrected chi connectivity index (χ2v) is 4.03. The van der Waals surface area contributed by atoms with Crippen LogP contribution in [0.1, 0.15) is 25.7 Å². The number of carbonyl (C=O) groups excluding carboxylic acids is 1. The van der Waals surface area contributed by atoms with E-state index in [0.29, 0.717) is 0 Å². The molecule has 1 aliphatic carbocycles. The Kier molecular flexibility index (Phi) is 4.30. The predicted octanol–water partition coefficient (Wildman–Crippen LogP) is -1.06. The Morgan fingerprint density at radius 3 is 2.19 bits per heavy atom. The highest BCUT2D eigenvalue weighted by atomic mass is 16.1. The third-order valence-corrected chi connectivity index (χ3v) is 2.77. The molecule has 1 saturated carbocycles. The lowest BCUT2D eigenvalue weighted by atomic mass is 9.92. The summed E-state index contributed by atoms with van der Waals surface area (Å²) in [5.74, 6) is -0.535. The van der Waals surface area contributed by atoms with E-state index >= 15 is 0 Å². The van der Waals surface area contributed by atoms with Gasteiger partial charge in [-0.2, -0.15) is 0 Å². The van der Waals surface area contributed by atoms with Gasteiger partial charge in [-0.3, -0.25) is 9.79 Å². The van der Waals surface area contributed by atoms with Crippen LogP contribution in [0.4, 0.5) is 0 Å². The van der Waals surface area contributed by atoms with Gasteiger partial charge < -0.3 is 22.9 Å². The van der Waals surface area contributed by atoms with E-state index < -0.39 is 5.91 Å². The first kappa shape index (κ1) is 12.5. The summed E-state index contributed by atoms with van der Waals surface area (Å²) in [6, 6.07) is 0.377. The van der Waals surface area contributed by atoms with Gasteiger partial charge in [0.1, 0.15) is 5.84 Å². The second kappa shape index (κ2) is 5.50. The van der Waals surface area contributed by atoms with Gasteiger partial charge in [-0.1, -0.05) is 0 Å². The van der Waals surface area contributed by atoms with Gasteiger partial charge in [-0.05, 0) is 25.7 Å². The number of primary amides is 1. The summed E-state index contributed by atoms with van der Waals surface area (Å²) in [6.07, 6.45) is 4.73. The van der Waals surface area contributed by atoms with Crippen LogP contribution in [0.15, 0.2) is 16.8 Å². The normalized spacial score (nSPS) is 27.8. The minimum atomic E-state index is -0.656. The largest absolute Gasteiger partial charge is 0.404 e. The Morgan fingerprint density at radius 2 is 1.75 bits per heavy atom. The van der Waals surface area contributed by atoms with Gasteiger partial charge in [0.25, 0.3) is 5.91 Å². The first-order chi connectivity index (χ1) is 7.54. The van der Waals surface area contributed by atoms with Crippen molar-refractivity contribution in [3.05, 3.63) is 11.8 Å². The van der Waals surface area contributed by atoms with Crippen LogP contribution in [0.25, 0.3) is 0 Å². The molecule has 1 amide bonds. The highest BCUT2D eigenvalue weighted by molar-refractivity contribution is 6.19. The molecule has 0 atom stereocenters. The molecule has 0 aromatic heterocycles. The highest BCUT2D eigenvalue weighted by Crippen LogP contribution is 2.20. The second-order valence-electron chi connectivity index (χ2n) is 4.03. The summed E-state index contributed by atoms with van der Waals surface area (Å²) >= 11 is 0. The Balaban J connectivity index is 2.66. The Labute approximate surface area is 94.7 Å². The van der Waals surface area contributed by atoms with Gasteiger partial charge >= 0.3 is 0 Å². The number of aliphatic imine (C=N–C) groups is 1. The number of amidine groups is 1. The molecule has 1 aliphatic rings. The quantitative estimate of drug-likeness (QED) is 0.277. The fourth-order valence-corrected chi connectivity index (χ4v) is 1.79. The van der Waals surface area contributed by atoms with Crippen molar-refractivity contribution in [1.29, 1.82) is 0 Å². The van der Waals surface area contributed by atoms with Crippen molar-refractivity contribution in [2.24, 2.45) is 27.9 Å². The van der Waals surface area contributed by atoms with Gasteiger partial charge in [0, 0.05) is 12.2 Å². The van der Waals surface area contributed by atoms with E-state index in [4.69, 9.17) is 22.9 Å². The van der Waals surface area contributed by atoms with E-state index in [0.717, 1.165) is 31.9 Å². The number of rotatable bonds is 3. The summed E-state index contributed by atoms with van der Waals surface area (Å²) in [5, 5.41) is 0. The van der Waals surface area contributed by atoms with E-state index in [-0.39, 0.29) is 23.5 Å². The van der Waals surface area contributed by atoms with Gasteiger partial charge in [0.2, 0.25) is 0 Å². The molecule has 0 aromatic carbocycles.